The summed E-state index contributed by atoms with van der Waals surface area (Å²) in [4.78, 5) is 5.00. The Kier molecular flexibility index (Phi) is 4.48. The van der Waals surface area contributed by atoms with E-state index in [4.69, 9.17) is 9.72 Å². The molecule has 2 aliphatic rings. The van der Waals surface area contributed by atoms with Gasteiger partial charge in [0, 0.05) is 25.9 Å². The summed E-state index contributed by atoms with van der Waals surface area (Å²) >= 11 is 0. The molecule has 140 valence electrons. The number of hydrogen-bond donors (Lipinski definition) is 0. The van der Waals surface area contributed by atoms with Crippen LogP contribution in [0, 0.1) is 0 Å². The number of rotatable bonds is 8. The van der Waals surface area contributed by atoms with Crippen LogP contribution in [0.4, 0.5) is 0 Å². The molecule has 0 saturated heterocycles. The lowest BCUT2D eigenvalue weighted by Gasteiger charge is -2.12. The van der Waals surface area contributed by atoms with Crippen molar-refractivity contribution in [1.82, 2.24) is 19.1 Å². The summed E-state index contributed by atoms with van der Waals surface area (Å²) in [5.74, 6) is 3.86. The fraction of sp³-hybridized carbons (Fsp3) is 0.556. The first kappa shape index (κ1) is 17.5. The van der Waals surface area contributed by atoms with Crippen molar-refractivity contribution < 1.29 is 13.2 Å². The predicted octanol–water partition coefficient (Wildman–Crippen LogP) is 2.36. The van der Waals surface area contributed by atoms with Crippen LogP contribution in [0.1, 0.15) is 49.2 Å². The van der Waals surface area contributed by atoms with Gasteiger partial charge in [-0.1, -0.05) is 0 Å². The molecule has 2 fully saturated rings. The minimum Gasteiger partial charge on any atom is -0.492 e. The summed E-state index contributed by atoms with van der Waals surface area (Å²) in [6.07, 6.45) is 4.80. The molecule has 2 aliphatic carbocycles. The Hall–Kier alpha value is -1.93. The average Bonchev–Trinajstić information content (AvgIpc) is 3.54. The lowest BCUT2D eigenvalue weighted by molar-refractivity contribution is 0.288. The highest BCUT2D eigenvalue weighted by Crippen LogP contribution is 2.42. The smallest absolute Gasteiger partial charge is 0.242 e. The molecule has 0 atom stereocenters. The Balaban J connectivity index is 1.38. The molecule has 0 bridgehead atoms. The minimum atomic E-state index is -3.41. The lowest BCUT2D eigenvalue weighted by Crippen LogP contribution is -2.22. The molecule has 0 aliphatic heterocycles. The highest BCUT2D eigenvalue weighted by molar-refractivity contribution is 7.89. The first-order valence-corrected chi connectivity index (χ1v) is 10.5. The summed E-state index contributed by atoms with van der Waals surface area (Å²) in [6, 6.07) is 6.52. The molecule has 0 spiro atoms. The fourth-order valence-electron chi connectivity index (χ4n) is 2.86. The first-order chi connectivity index (χ1) is 12.4. The summed E-state index contributed by atoms with van der Waals surface area (Å²) in [6.45, 7) is 1.14. The fourth-order valence-corrected chi connectivity index (χ4v) is 3.77. The standard InChI is InChI=1S/C18H24N4O3S/c1-21(2)26(23,24)16-9-7-15(8-10-16)25-12-11-22-18(14-5-6-14)19-17(20-22)13-3-4-13/h7-10,13-14H,3-6,11-12H2,1-2H3. The Morgan fingerprint density at radius 1 is 1.12 bits per heavy atom. The molecular formula is C18H24N4O3S. The van der Waals surface area contributed by atoms with Crippen molar-refractivity contribution in [2.75, 3.05) is 20.7 Å². The van der Waals surface area contributed by atoms with Gasteiger partial charge in [-0.05, 0) is 49.9 Å². The van der Waals surface area contributed by atoms with Crippen molar-refractivity contribution in [3.63, 3.8) is 0 Å². The highest BCUT2D eigenvalue weighted by Gasteiger charge is 2.34. The van der Waals surface area contributed by atoms with Gasteiger partial charge in [-0.3, -0.25) is 0 Å². The Morgan fingerprint density at radius 2 is 1.77 bits per heavy atom. The third-order valence-corrected chi connectivity index (χ3v) is 6.61. The normalized spacial score (nSPS) is 17.7. The van der Waals surface area contributed by atoms with Gasteiger partial charge in [0.25, 0.3) is 0 Å². The van der Waals surface area contributed by atoms with E-state index in [1.54, 1.807) is 24.3 Å². The third kappa shape index (κ3) is 3.61. The number of aromatic nitrogens is 3. The number of benzene rings is 1. The van der Waals surface area contributed by atoms with Crippen LogP contribution in [-0.4, -0.2) is 48.2 Å². The molecule has 0 N–H and O–H groups in total. The van der Waals surface area contributed by atoms with E-state index in [1.165, 1.54) is 44.1 Å². The van der Waals surface area contributed by atoms with Crippen LogP contribution < -0.4 is 4.74 Å². The van der Waals surface area contributed by atoms with Crippen LogP contribution in [0.3, 0.4) is 0 Å². The number of nitrogens with zero attached hydrogens (tertiary/aromatic N) is 4. The average molecular weight is 376 g/mol. The van der Waals surface area contributed by atoms with Crippen LogP contribution in [-0.2, 0) is 16.6 Å². The zero-order valence-electron chi connectivity index (χ0n) is 15.1. The van der Waals surface area contributed by atoms with Crippen LogP contribution in [0.2, 0.25) is 0 Å². The van der Waals surface area contributed by atoms with E-state index in [1.807, 2.05) is 4.68 Å². The van der Waals surface area contributed by atoms with E-state index in [9.17, 15) is 8.42 Å². The maximum atomic E-state index is 12.1. The van der Waals surface area contributed by atoms with E-state index in [0.29, 0.717) is 30.7 Å². The largest absolute Gasteiger partial charge is 0.492 e. The molecule has 2 saturated carbocycles. The zero-order chi connectivity index (χ0) is 18.3. The van der Waals surface area contributed by atoms with Crippen molar-refractivity contribution in [3.8, 4) is 5.75 Å². The molecule has 8 heteroatoms. The van der Waals surface area contributed by atoms with E-state index in [0.717, 1.165) is 11.6 Å². The second-order valence-corrected chi connectivity index (χ2v) is 9.36. The Bertz CT molecular complexity index is 882. The van der Waals surface area contributed by atoms with E-state index < -0.39 is 10.0 Å². The quantitative estimate of drug-likeness (QED) is 0.707. The molecule has 4 rings (SSSR count). The number of sulfonamides is 1. The minimum absolute atomic E-state index is 0.260. The number of ether oxygens (including phenoxy) is 1. The van der Waals surface area contributed by atoms with E-state index in [2.05, 4.69) is 5.10 Å². The second-order valence-electron chi connectivity index (χ2n) is 7.21. The van der Waals surface area contributed by atoms with E-state index >= 15 is 0 Å². The molecule has 2 aromatic rings. The predicted molar refractivity (Wildman–Crippen MR) is 96.8 cm³/mol. The molecule has 0 amide bonds. The molecule has 26 heavy (non-hydrogen) atoms. The molecule has 0 radical (unpaired) electrons. The van der Waals surface area contributed by atoms with Gasteiger partial charge in [0.2, 0.25) is 10.0 Å². The summed E-state index contributed by atoms with van der Waals surface area (Å²) in [5, 5.41) is 4.67. The van der Waals surface area contributed by atoms with Gasteiger partial charge >= 0.3 is 0 Å². The van der Waals surface area contributed by atoms with Crippen molar-refractivity contribution in [3.05, 3.63) is 35.9 Å². The zero-order valence-corrected chi connectivity index (χ0v) is 15.9. The summed E-state index contributed by atoms with van der Waals surface area (Å²) < 4.78 is 33.1. The van der Waals surface area contributed by atoms with Crippen molar-refractivity contribution in [1.29, 1.82) is 0 Å². The second kappa shape index (κ2) is 6.66. The van der Waals surface area contributed by atoms with Gasteiger partial charge in [0.15, 0.2) is 5.82 Å². The maximum Gasteiger partial charge on any atom is 0.242 e. The molecule has 1 heterocycles. The van der Waals surface area contributed by atoms with Crippen LogP contribution in [0.25, 0.3) is 0 Å². The monoisotopic (exact) mass is 376 g/mol. The van der Waals surface area contributed by atoms with Gasteiger partial charge in [-0.2, -0.15) is 5.10 Å². The van der Waals surface area contributed by atoms with Gasteiger partial charge in [0.1, 0.15) is 18.2 Å². The van der Waals surface area contributed by atoms with Gasteiger partial charge < -0.3 is 4.74 Å². The van der Waals surface area contributed by atoms with Crippen LogP contribution in [0.5, 0.6) is 5.75 Å². The lowest BCUT2D eigenvalue weighted by atomic mass is 10.3. The summed E-state index contributed by atoms with van der Waals surface area (Å²) in [5.41, 5.74) is 0. The van der Waals surface area contributed by atoms with Gasteiger partial charge in [0.05, 0.1) is 11.4 Å². The molecule has 7 nitrogen and oxygen atoms in total. The first-order valence-electron chi connectivity index (χ1n) is 9.05. The van der Waals surface area contributed by atoms with E-state index in [-0.39, 0.29) is 4.90 Å². The van der Waals surface area contributed by atoms with Crippen molar-refractivity contribution in [2.45, 2.75) is 49.0 Å². The van der Waals surface area contributed by atoms with Gasteiger partial charge in [-0.25, -0.2) is 22.4 Å². The van der Waals surface area contributed by atoms with Crippen LogP contribution >= 0.6 is 0 Å². The van der Waals surface area contributed by atoms with Gasteiger partial charge in [-0.15, -0.1) is 0 Å². The topological polar surface area (TPSA) is 77.3 Å². The third-order valence-electron chi connectivity index (χ3n) is 4.78. The molecule has 1 aromatic heterocycles. The van der Waals surface area contributed by atoms with Crippen molar-refractivity contribution in [2.24, 2.45) is 0 Å². The Labute approximate surface area is 154 Å². The molecule has 1 aromatic carbocycles. The highest BCUT2D eigenvalue weighted by atomic mass is 32.2. The maximum absolute atomic E-state index is 12.1. The van der Waals surface area contributed by atoms with Crippen molar-refractivity contribution >= 4 is 10.0 Å². The molecular weight excluding hydrogens is 352 g/mol. The van der Waals surface area contributed by atoms with Crippen LogP contribution in [0.15, 0.2) is 29.2 Å². The number of hydrogen-bond acceptors (Lipinski definition) is 5. The Morgan fingerprint density at radius 3 is 2.35 bits per heavy atom. The summed E-state index contributed by atoms with van der Waals surface area (Å²) in [7, 11) is -0.371. The molecule has 0 unspecified atom stereocenters. The SMILES string of the molecule is CN(C)S(=O)(=O)c1ccc(OCCn2nc(C3CC3)nc2C2CC2)cc1.